The van der Waals surface area contributed by atoms with Crippen LogP contribution in [0.15, 0.2) is 52.1 Å². The molecule has 1 unspecified atom stereocenters. The van der Waals surface area contributed by atoms with Crippen LogP contribution in [-0.4, -0.2) is 43.9 Å². The number of piperidine rings is 1. The Morgan fingerprint density at radius 3 is 2.58 bits per heavy atom. The lowest BCUT2D eigenvalue weighted by Crippen LogP contribution is -2.44. The van der Waals surface area contributed by atoms with Gasteiger partial charge in [-0.3, -0.25) is 23.5 Å². The van der Waals surface area contributed by atoms with Crippen molar-refractivity contribution in [2.45, 2.75) is 38.8 Å². The summed E-state index contributed by atoms with van der Waals surface area (Å²) in [6.45, 7) is 2.14. The highest BCUT2D eigenvalue weighted by Gasteiger charge is 2.29. The van der Waals surface area contributed by atoms with Gasteiger partial charge in [0.2, 0.25) is 11.8 Å². The first kappa shape index (κ1) is 22.4. The van der Waals surface area contributed by atoms with Crippen LogP contribution in [0.2, 0.25) is 0 Å². The number of aromatic nitrogens is 3. The number of benzene rings is 1. The smallest absolute Gasteiger partial charge is 0.332 e. The first-order chi connectivity index (χ1) is 15.9. The summed E-state index contributed by atoms with van der Waals surface area (Å²) in [6, 6.07) is 12.7. The lowest BCUT2D eigenvalue weighted by Gasteiger charge is -2.35. The minimum atomic E-state index is -0.441. The average molecular weight is 450 g/mol. The number of fused-ring (bicyclic) bond motifs is 1. The standard InChI is InChI=1S/C24H27N5O4/c1-16(30)25-14-21(31)28-13-7-6-10-20(28)19-12-11-18-22(26-19)29(24(33)27(2)23(18)32)15-17-8-4-3-5-9-17/h3-5,8-9,11-12,20H,6-7,10,13-15H2,1-2H3,(H,25,30). The Kier molecular flexibility index (Phi) is 6.39. The first-order valence-corrected chi connectivity index (χ1v) is 11.0. The van der Waals surface area contributed by atoms with Gasteiger partial charge in [-0.15, -0.1) is 0 Å². The summed E-state index contributed by atoms with van der Waals surface area (Å²) < 4.78 is 2.60. The van der Waals surface area contributed by atoms with E-state index >= 15 is 0 Å². The van der Waals surface area contributed by atoms with Gasteiger partial charge in [-0.1, -0.05) is 30.3 Å². The largest absolute Gasteiger partial charge is 0.347 e. The summed E-state index contributed by atoms with van der Waals surface area (Å²) in [6.07, 6.45) is 2.52. The number of pyridine rings is 1. The number of nitrogens with zero attached hydrogens (tertiary/aromatic N) is 4. The summed E-state index contributed by atoms with van der Waals surface area (Å²) in [5.74, 6) is -0.441. The van der Waals surface area contributed by atoms with E-state index in [0.29, 0.717) is 23.3 Å². The van der Waals surface area contributed by atoms with Crippen molar-refractivity contribution in [1.29, 1.82) is 0 Å². The summed E-state index contributed by atoms with van der Waals surface area (Å²) in [5.41, 5.74) is 1.01. The van der Waals surface area contributed by atoms with Crippen molar-refractivity contribution < 1.29 is 9.59 Å². The number of carbonyl (C=O) groups excluding carboxylic acids is 2. The van der Waals surface area contributed by atoms with Crippen LogP contribution in [0.1, 0.15) is 43.5 Å². The number of hydrogen-bond donors (Lipinski definition) is 1. The summed E-state index contributed by atoms with van der Waals surface area (Å²) >= 11 is 0. The number of rotatable bonds is 5. The van der Waals surface area contributed by atoms with Crippen LogP contribution in [0.25, 0.3) is 11.0 Å². The molecule has 3 heterocycles. The third-order valence-electron chi connectivity index (χ3n) is 6.04. The molecule has 0 aliphatic carbocycles. The second-order valence-electron chi connectivity index (χ2n) is 8.33. The lowest BCUT2D eigenvalue weighted by molar-refractivity contribution is -0.136. The monoisotopic (exact) mass is 449 g/mol. The number of hydrogen-bond acceptors (Lipinski definition) is 5. The van der Waals surface area contributed by atoms with E-state index in [0.717, 1.165) is 29.4 Å². The van der Waals surface area contributed by atoms with Crippen molar-refractivity contribution in [3.8, 4) is 0 Å². The van der Waals surface area contributed by atoms with Gasteiger partial charge in [0.05, 0.1) is 30.2 Å². The number of nitrogens with one attached hydrogen (secondary N) is 1. The van der Waals surface area contributed by atoms with Crippen molar-refractivity contribution in [3.05, 3.63) is 74.6 Å². The van der Waals surface area contributed by atoms with Crippen molar-refractivity contribution in [3.63, 3.8) is 0 Å². The van der Waals surface area contributed by atoms with E-state index in [1.54, 1.807) is 17.0 Å². The molecule has 2 aromatic heterocycles. The lowest BCUT2D eigenvalue weighted by atomic mass is 9.98. The quantitative estimate of drug-likeness (QED) is 0.633. The SMILES string of the molecule is CC(=O)NCC(=O)N1CCCCC1c1ccc2c(=O)n(C)c(=O)n(Cc3ccccc3)c2n1. The molecule has 1 aromatic carbocycles. The van der Waals surface area contributed by atoms with Crippen LogP contribution in [0.4, 0.5) is 0 Å². The predicted octanol–water partition coefficient (Wildman–Crippen LogP) is 1.33. The molecule has 1 aliphatic heterocycles. The second-order valence-corrected chi connectivity index (χ2v) is 8.33. The summed E-state index contributed by atoms with van der Waals surface area (Å²) in [4.78, 5) is 56.3. The molecule has 1 atom stereocenters. The molecular formula is C24H27N5O4. The zero-order valence-corrected chi connectivity index (χ0v) is 18.8. The highest BCUT2D eigenvalue weighted by Crippen LogP contribution is 2.30. The van der Waals surface area contributed by atoms with Crippen LogP contribution in [0, 0.1) is 0 Å². The zero-order valence-electron chi connectivity index (χ0n) is 18.8. The molecule has 2 amide bonds. The molecule has 4 rings (SSSR count). The van der Waals surface area contributed by atoms with Crippen LogP contribution < -0.4 is 16.6 Å². The van der Waals surface area contributed by atoms with E-state index in [1.165, 1.54) is 18.5 Å². The van der Waals surface area contributed by atoms with Crippen molar-refractivity contribution >= 4 is 22.8 Å². The van der Waals surface area contributed by atoms with Crippen LogP contribution in [-0.2, 0) is 23.2 Å². The molecule has 1 saturated heterocycles. The van der Waals surface area contributed by atoms with Crippen LogP contribution in [0.5, 0.6) is 0 Å². The fourth-order valence-corrected chi connectivity index (χ4v) is 4.31. The number of amides is 2. The van der Waals surface area contributed by atoms with Gasteiger partial charge >= 0.3 is 5.69 Å². The first-order valence-electron chi connectivity index (χ1n) is 11.0. The Morgan fingerprint density at radius 1 is 1.09 bits per heavy atom. The summed E-state index contributed by atoms with van der Waals surface area (Å²) in [5, 5.41) is 2.91. The topological polar surface area (TPSA) is 106 Å². The van der Waals surface area contributed by atoms with Gasteiger partial charge in [0.1, 0.15) is 5.65 Å². The maximum Gasteiger partial charge on any atom is 0.332 e. The van der Waals surface area contributed by atoms with Crippen molar-refractivity contribution in [2.75, 3.05) is 13.1 Å². The number of likely N-dealkylation sites (tertiary alicyclic amines) is 1. The van der Waals surface area contributed by atoms with Gasteiger partial charge in [0.25, 0.3) is 5.56 Å². The molecule has 9 nitrogen and oxygen atoms in total. The molecule has 3 aromatic rings. The van der Waals surface area contributed by atoms with E-state index in [9.17, 15) is 19.2 Å². The van der Waals surface area contributed by atoms with E-state index in [4.69, 9.17) is 4.98 Å². The molecule has 1 N–H and O–H groups in total. The predicted molar refractivity (Wildman–Crippen MR) is 124 cm³/mol. The third-order valence-corrected chi connectivity index (χ3v) is 6.04. The second kappa shape index (κ2) is 9.40. The number of carbonyl (C=O) groups is 2. The maximum atomic E-state index is 13.0. The fourth-order valence-electron chi connectivity index (χ4n) is 4.31. The molecular weight excluding hydrogens is 422 g/mol. The van der Waals surface area contributed by atoms with Gasteiger partial charge in [-0.25, -0.2) is 9.78 Å². The third kappa shape index (κ3) is 4.57. The molecule has 1 fully saturated rings. The average Bonchev–Trinajstić information content (AvgIpc) is 2.84. The van der Waals surface area contributed by atoms with Gasteiger partial charge in [0.15, 0.2) is 0 Å². The molecule has 172 valence electrons. The van der Waals surface area contributed by atoms with Crippen LogP contribution in [0.3, 0.4) is 0 Å². The Balaban J connectivity index is 1.79. The van der Waals surface area contributed by atoms with Gasteiger partial charge in [-0.05, 0) is 37.0 Å². The molecule has 1 aliphatic rings. The Hall–Kier alpha value is -3.75. The molecule has 0 bridgehead atoms. The van der Waals surface area contributed by atoms with E-state index < -0.39 is 11.2 Å². The van der Waals surface area contributed by atoms with Gasteiger partial charge in [-0.2, -0.15) is 0 Å². The van der Waals surface area contributed by atoms with Crippen molar-refractivity contribution in [2.24, 2.45) is 7.05 Å². The maximum absolute atomic E-state index is 13.0. The van der Waals surface area contributed by atoms with Gasteiger partial charge in [0, 0.05) is 20.5 Å². The molecule has 0 spiro atoms. The molecule has 0 saturated carbocycles. The fraction of sp³-hybridized carbons (Fsp3) is 0.375. The minimum Gasteiger partial charge on any atom is -0.347 e. The molecule has 33 heavy (non-hydrogen) atoms. The Morgan fingerprint density at radius 2 is 1.85 bits per heavy atom. The normalized spacial score (nSPS) is 16.1. The molecule has 9 heteroatoms. The van der Waals surface area contributed by atoms with Crippen LogP contribution >= 0.6 is 0 Å². The Labute approximate surface area is 190 Å². The van der Waals surface area contributed by atoms with E-state index in [1.807, 2.05) is 30.3 Å². The van der Waals surface area contributed by atoms with E-state index in [-0.39, 0.29) is 30.9 Å². The summed E-state index contributed by atoms with van der Waals surface area (Å²) in [7, 11) is 1.46. The highest BCUT2D eigenvalue weighted by molar-refractivity contribution is 5.84. The Bertz CT molecular complexity index is 1310. The highest BCUT2D eigenvalue weighted by atomic mass is 16.2. The minimum absolute atomic E-state index is 0.0708. The van der Waals surface area contributed by atoms with E-state index in [2.05, 4.69) is 5.32 Å². The molecule has 0 radical (unpaired) electrons. The zero-order chi connectivity index (χ0) is 23.5. The van der Waals surface area contributed by atoms with Crippen molar-refractivity contribution in [1.82, 2.24) is 24.3 Å². The van der Waals surface area contributed by atoms with Gasteiger partial charge < -0.3 is 10.2 Å².